The molecule has 0 N–H and O–H groups in total. The molecule has 2 heterocycles. The molecule has 31 heavy (non-hydrogen) atoms. The Kier molecular flexibility index (Phi) is 6.94. The Hall–Kier alpha value is -2.54. The van der Waals surface area contributed by atoms with Gasteiger partial charge in [-0.05, 0) is 58.1 Å². The molecule has 0 saturated carbocycles. The van der Waals surface area contributed by atoms with Gasteiger partial charge in [0.1, 0.15) is 17.2 Å². The average molecular weight is 450 g/mol. The van der Waals surface area contributed by atoms with Gasteiger partial charge in [-0.2, -0.15) is 0 Å². The molecule has 1 fully saturated rings. The fourth-order valence-electron chi connectivity index (χ4n) is 3.61. The summed E-state index contributed by atoms with van der Waals surface area (Å²) in [6.45, 7) is 7.79. The van der Waals surface area contributed by atoms with E-state index in [0.29, 0.717) is 30.4 Å². The van der Waals surface area contributed by atoms with Crippen molar-refractivity contribution in [3.8, 4) is 5.75 Å². The Labute approximate surface area is 186 Å². The van der Waals surface area contributed by atoms with Gasteiger partial charge in [-0.1, -0.05) is 24.9 Å². The fourth-order valence-corrected chi connectivity index (χ4v) is 3.81. The second-order valence-corrected chi connectivity index (χ2v) is 9.13. The van der Waals surface area contributed by atoms with Crippen LogP contribution in [0.2, 0.25) is 5.02 Å². The third kappa shape index (κ3) is 5.58. The Morgan fingerprint density at radius 3 is 2.68 bits per heavy atom. The number of ether oxygens (including phenoxy) is 2. The Balaban J connectivity index is 1.84. The number of nitrogens with zero attached hydrogens (tertiary/aromatic N) is 1. The second kappa shape index (κ2) is 9.30. The van der Waals surface area contributed by atoms with Gasteiger partial charge in [-0.3, -0.25) is 4.90 Å². The van der Waals surface area contributed by atoms with Crippen LogP contribution in [0, 0.1) is 0 Å². The second-order valence-electron chi connectivity index (χ2n) is 8.73. The number of benzene rings is 1. The zero-order valence-corrected chi connectivity index (χ0v) is 19.1. The van der Waals surface area contributed by atoms with Gasteiger partial charge in [0.25, 0.3) is 0 Å². The maximum absolute atomic E-state index is 12.8. The maximum Gasteiger partial charge on any atom is 0.411 e. The first kappa shape index (κ1) is 23.1. The summed E-state index contributed by atoms with van der Waals surface area (Å²) in [7, 11) is 0. The van der Waals surface area contributed by atoms with Crippen LogP contribution in [0.3, 0.4) is 0 Å². The summed E-state index contributed by atoms with van der Waals surface area (Å²) in [5, 5.41) is 0.948. The molecule has 1 aliphatic heterocycles. The minimum absolute atomic E-state index is 0.0889. The third-order valence-corrected chi connectivity index (χ3v) is 5.34. The van der Waals surface area contributed by atoms with Gasteiger partial charge in [0.2, 0.25) is 0 Å². The topological polar surface area (TPSA) is 86.0 Å². The largest absolute Gasteiger partial charge is 0.444 e. The van der Waals surface area contributed by atoms with Crippen LogP contribution in [0.1, 0.15) is 58.9 Å². The van der Waals surface area contributed by atoms with E-state index in [9.17, 15) is 14.4 Å². The van der Waals surface area contributed by atoms with E-state index in [1.165, 1.54) is 17.0 Å². The minimum atomic E-state index is -0.760. The molecule has 0 bridgehead atoms. The van der Waals surface area contributed by atoms with Crippen molar-refractivity contribution in [2.45, 2.75) is 71.4 Å². The van der Waals surface area contributed by atoms with Crippen molar-refractivity contribution in [2.75, 3.05) is 6.54 Å². The number of carbonyl (C=O) groups is 2. The molecule has 1 amide bonds. The molecular formula is C23H28ClNO6. The molecule has 0 spiro atoms. The highest BCUT2D eigenvalue weighted by Crippen LogP contribution is 2.33. The SMILES string of the molecule is CCCCc1cc(=O)oc2cc(OC(=O)C3CCCN3C(=O)OC(C)(C)C)c(Cl)cc12. The lowest BCUT2D eigenvalue weighted by Crippen LogP contribution is -2.44. The van der Waals surface area contributed by atoms with Crippen LogP contribution in [0.5, 0.6) is 5.75 Å². The molecule has 1 atom stereocenters. The first-order chi connectivity index (χ1) is 14.6. The standard InChI is InChI=1S/C23H28ClNO6/c1-5-6-8-14-11-20(26)29-18-13-19(16(24)12-15(14)18)30-21(27)17-9-7-10-25(17)22(28)31-23(2,3)4/h11-13,17H,5-10H2,1-4H3. The van der Waals surface area contributed by atoms with E-state index >= 15 is 0 Å². The fraction of sp³-hybridized carbons (Fsp3) is 0.522. The van der Waals surface area contributed by atoms with E-state index in [2.05, 4.69) is 6.92 Å². The number of likely N-dealkylation sites (tertiary alicyclic amines) is 1. The normalized spacial score (nSPS) is 16.5. The van der Waals surface area contributed by atoms with E-state index in [-0.39, 0.29) is 10.8 Å². The van der Waals surface area contributed by atoms with Gasteiger partial charge >= 0.3 is 17.7 Å². The summed E-state index contributed by atoms with van der Waals surface area (Å²) in [6, 6.07) is 3.81. The summed E-state index contributed by atoms with van der Waals surface area (Å²) < 4.78 is 16.2. The van der Waals surface area contributed by atoms with Crippen molar-refractivity contribution in [1.82, 2.24) is 4.90 Å². The molecule has 2 aromatic rings. The minimum Gasteiger partial charge on any atom is -0.444 e. The molecule has 1 aromatic carbocycles. The molecule has 168 valence electrons. The Bertz CT molecular complexity index is 1040. The van der Waals surface area contributed by atoms with Crippen molar-refractivity contribution in [2.24, 2.45) is 0 Å². The van der Waals surface area contributed by atoms with E-state index in [4.69, 9.17) is 25.5 Å². The van der Waals surface area contributed by atoms with Crippen molar-refractivity contribution >= 4 is 34.6 Å². The number of fused-ring (bicyclic) bond motifs is 1. The number of halogens is 1. The summed E-state index contributed by atoms with van der Waals surface area (Å²) in [6.07, 6.45) is 3.22. The highest BCUT2D eigenvalue weighted by atomic mass is 35.5. The summed E-state index contributed by atoms with van der Waals surface area (Å²) in [4.78, 5) is 38.6. The van der Waals surface area contributed by atoms with Gasteiger partial charge in [0.15, 0.2) is 5.75 Å². The number of esters is 1. The lowest BCUT2D eigenvalue weighted by atomic mass is 10.0. The van der Waals surface area contributed by atoms with Crippen LogP contribution in [0.15, 0.2) is 27.4 Å². The Morgan fingerprint density at radius 1 is 1.26 bits per heavy atom. The maximum atomic E-state index is 12.8. The molecule has 8 heteroatoms. The summed E-state index contributed by atoms with van der Waals surface area (Å²) >= 11 is 6.38. The number of rotatable bonds is 5. The van der Waals surface area contributed by atoms with Crippen LogP contribution in [0.25, 0.3) is 11.0 Å². The first-order valence-electron chi connectivity index (χ1n) is 10.6. The molecule has 1 aliphatic rings. The molecule has 1 aromatic heterocycles. The van der Waals surface area contributed by atoms with Crippen LogP contribution in [-0.4, -0.2) is 35.2 Å². The first-order valence-corrected chi connectivity index (χ1v) is 10.9. The van der Waals surface area contributed by atoms with Gasteiger partial charge in [-0.15, -0.1) is 0 Å². The number of carbonyl (C=O) groups excluding carboxylic acids is 2. The van der Waals surface area contributed by atoms with E-state index < -0.39 is 29.3 Å². The van der Waals surface area contributed by atoms with E-state index in [0.717, 1.165) is 24.8 Å². The zero-order valence-electron chi connectivity index (χ0n) is 18.3. The van der Waals surface area contributed by atoms with Gasteiger partial charge in [0, 0.05) is 24.1 Å². The quantitative estimate of drug-likeness (QED) is 0.359. The van der Waals surface area contributed by atoms with Gasteiger partial charge in [-0.25, -0.2) is 14.4 Å². The van der Waals surface area contributed by atoms with Gasteiger partial charge < -0.3 is 13.9 Å². The predicted octanol–water partition coefficient (Wildman–Crippen LogP) is 5.09. The number of hydrogen-bond donors (Lipinski definition) is 0. The highest BCUT2D eigenvalue weighted by molar-refractivity contribution is 6.33. The predicted molar refractivity (Wildman–Crippen MR) is 118 cm³/mol. The lowest BCUT2D eigenvalue weighted by molar-refractivity contribution is -0.139. The highest BCUT2D eigenvalue weighted by Gasteiger charge is 2.38. The van der Waals surface area contributed by atoms with Crippen molar-refractivity contribution in [3.63, 3.8) is 0 Å². The lowest BCUT2D eigenvalue weighted by Gasteiger charge is -2.27. The molecule has 3 rings (SSSR count). The molecule has 0 radical (unpaired) electrons. The molecule has 0 aliphatic carbocycles. The molecule has 1 unspecified atom stereocenters. The van der Waals surface area contributed by atoms with Crippen molar-refractivity contribution in [3.05, 3.63) is 39.2 Å². The molecular weight excluding hydrogens is 422 g/mol. The summed E-state index contributed by atoms with van der Waals surface area (Å²) in [5.74, 6) is -0.514. The van der Waals surface area contributed by atoms with E-state index in [1.807, 2.05) is 0 Å². The third-order valence-electron chi connectivity index (χ3n) is 5.05. The van der Waals surface area contributed by atoms with Crippen LogP contribution in [-0.2, 0) is 16.0 Å². The van der Waals surface area contributed by atoms with Gasteiger partial charge in [0.05, 0.1) is 5.02 Å². The molecule has 7 nitrogen and oxygen atoms in total. The Morgan fingerprint density at radius 2 is 2.00 bits per heavy atom. The average Bonchev–Trinajstić information content (AvgIpc) is 3.16. The molecule has 1 saturated heterocycles. The number of aryl methyl sites for hydroxylation is 1. The van der Waals surface area contributed by atoms with Crippen molar-refractivity contribution in [1.29, 1.82) is 0 Å². The van der Waals surface area contributed by atoms with Crippen molar-refractivity contribution < 1.29 is 23.5 Å². The van der Waals surface area contributed by atoms with Crippen LogP contribution in [0.4, 0.5) is 4.79 Å². The smallest absolute Gasteiger partial charge is 0.411 e. The van der Waals surface area contributed by atoms with E-state index in [1.54, 1.807) is 26.8 Å². The monoisotopic (exact) mass is 449 g/mol. The van der Waals surface area contributed by atoms with Crippen LogP contribution >= 0.6 is 11.6 Å². The summed E-state index contributed by atoms with van der Waals surface area (Å²) in [5.41, 5.74) is 0.0223. The van der Waals surface area contributed by atoms with Crippen LogP contribution < -0.4 is 10.4 Å². The number of unbranched alkanes of at least 4 members (excludes halogenated alkanes) is 1. The number of hydrogen-bond acceptors (Lipinski definition) is 6. The zero-order chi connectivity index (χ0) is 22.8. The number of amides is 1.